The smallest absolute Gasteiger partial charge is 0.323 e. The van der Waals surface area contributed by atoms with Gasteiger partial charge in [0, 0.05) is 36.8 Å². The van der Waals surface area contributed by atoms with Crippen LogP contribution in [-0.4, -0.2) is 43.7 Å². The van der Waals surface area contributed by atoms with Crippen LogP contribution in [0.4, 0.5) is 29.3 Å². The molecule has 0 spiro atoms. The number of carbonyl (C=O) groups is 2. The fraction of sp³-hybridized carbons (Fsp3) is 0.200. The molecule has 0 N–H and O–H groups in total. The van der Waals surface area contributed by atoms with Gasteiger partial charge in [-0.15, -0.1) is 0 Å². The Hall–Kier alpha value is -4.41. The van der Waals surface area contributed by atoms with Gasteiger partial charge in [0.25, 0.3) is 0 Å². The molecule has 0 bridgehead atoms. The third-order valence-corrected chi connectivity index (χ3v) is 5.75. The molecule has 0 aliphatic carbocycles. The van der Waals surface area contributed by atoms with Gasteiger partial charge in [0.1, 0.15) is 17.1 Å². The molecular weight excluding hydrogens is 473 g/mol. The number of halogens is 3. The van der Waals surface area contributed by atoms with Gasteiger partial charge in [0.15, 0.2) is 0 Å². The first kappa shape index (κ1) is 23.3. The van der Waals surface area contributed by atoms with Crippen LogP contribution < -0.4 is 4.90 Å². The molecule has 0 atom stereocenters. The maximum absolute atomic E-state index is 13.4. The van der Waals surface area contributed by atoms with Gasteiger partial charge in [-0.25, -0.2) is 19.7 Å². The number of anilines is 2. The summed E-state index contributed by atoms with van der Waals surface area (Å²) < 4.78 is 40.3. The van der Waals surface area contributed by atoms with Crippen LogP contribution in [0.5, 0.6) is 0 Å². The summed E-state index contributed by atoms with van der Waals surface area (Å²) in [6, 6.07) is 7.57. The van der Waals surface area contributed by atoms with E-state index >= 15 is 0 Å². The van der Waals surface area contributed by atoms with E-state index in [0.29, 0.717) is 39.4 Å². The molecule has 8 nitrogen and oxygen atoms in total. The Morgan fingerprint density at radius 1 is 1.06 bits per heavy atom. The van der Waals surface area contributed by atoms with Gasteiger partial charge in [-0.05, 0) is 37.3 Å². The number of hydrogen-bond acceptors (Lipinski definition) is 6. The number of urea groups is 1. The van der Waals surface area contributed by atoms with Gasteiger partial charge in [-0.3, -0.25) is 14.7 Å². The Morgan fingerprint density at radius 3 is 2.50 bits per heavy atom. The molecule has 4 aromatic rings. The molecule has 1 aliphatic rings. The summed E-state index contributed by atoms with van der Waals surface area (Å²) in [5, 5.41) is 0. The highest BCUT2D eigenvalue weighted by molar-refractivity contribution is 6.08. The van der Waals surface area contributed by atoms with Crippen molar-refractivity contribution in [1.82, 2.24) is 24.8 Å². The van der Waals surface area contributed by atoms with Crippen LogP contribution in [0, 0.1) is 0 Å². The highest BCUT2D eigenvalue weighted by Crippen LogP contribution is 2.40. The highest BCUT2D eigenvalue weighted by atomic mass is 19.4. The maximum atomic E-state index is 13.4. The number of hydrogen-bond donors (Lipinski definition) is 0. The van der Waals surface area contributed by atoms with Gasteiger partial charge < -0.3 is 4.90 Å². The highest BCUT2D eigenvalue weighted by Gasteiger charge is 2.35. The second kappa shape index (κ2) is 8.67. The number of nitrogens with zero attached hydrogens (tertiary/aromatic N) is 6. The Labute approximate surface area is 203 Å². The molecule has 0 saturated heterocycles. The van der Waals surface area contributed by atoms with Gasteiger partial charge in [0.05, 0.1) is 41.1 Å². The van der Waals surface area contributed by atoms with Crippen molar-refractivity contribution in [2.75, 3.05) is 11.9 Å². The van der Waals surface area contributed by atoms with E-state index in [0.717, 1.165) is 12.1 Å². The van der Waals surface area contributed by atoms with E-state index in [1.54, 1.807) is 37.8 Å². The van der Waals surface area contributed by atoms with E-state index < -0.39 is 17.8 Å². The number of Topliss-reactive ketones (excluding diaryl/α,β-unsaturated/α-hetero) is 1. The summed E-state index contributed by atoms with van der Waals surface area (Å²) in [5.74, 6) is 0.323. The molecule has 3 aromatic heterocycles. The van der Waals surface area contributed by atoms with Crippen molar-refractivity contribution in [3.63, 3.8) is 0 Å². The number of aromatic nitrogens is 4. The molecule has 36 heavy (non-hydrogen) atoms. The number of benzene rings is 1. The predicted molar refractivity (Wildman–Crippen MR) is 125 cm³/mol. The number of rotatable bonds is 4. The van der Waals surface area contributed by atoms with E-state index in [9.17, 15) is 22.8 Å². The van der Waals surface area contributed by atoms with Crippen molar-refractivity contribution in [2.45, 2.75) is 26.1 Å². The van der Waals surface area contributed by atoms with E-state index in [1.807, 2.05) is 0 Å². The number of fused-ring (bicyclic) bond motifs is 3. The molecule has 0 saturated carbocycles. The van der Waals surface area contributed by atoms with Crippen molar-refractivity contribution >= 4 is 34.2 Å². The summed E-state index contributed by atoms with van der Waals surface area (Å²) in [6.07, 6.45) is 0.244. The van der Waals surface area contributed by atoms with Crippen LogP contribution in [0.2, 0.25) is 0 Å². The van der Waals surface area contributed by atoms with Crippen LogP contribution in [0.25, 0.3) is 22.3 Å². The molecule has 0 radical (unpaired) electrons. The maximum Gasteiger partial charge on any atom is 0.416 e. The van der Waals surface area contributed by atoms with Crippen molar-refractivity contribution in [3.05, 3.63) is 71.9 Å². The normalized spacial score (nSPS) is 13.8. The van der Waals surface area contributed by atoms with Gasteiger partial charge >= 0.3 is 12.2 Å². The largest absolute Gasteiger partial charge is 0.416 e. The topological polar surface area (TPSA) is 92.2 Å². The summed E-state index contributed by atoms with van der Waals surface area (Å²) >= 11 is 0. The molecule has 4 heterocycles. The minimum Gasteiger partial charge on any atom is -0.323 e. The van der Waals surface area contributed by atoms with Gasteiger partial charge in [-0.1, -0.05) is 6.07 Å². The van der Waals surface area contributed by atoms with Crippen LogP contribution >= 0.6 is 0 Å². The molecule has 182 valence electrons. The van der Waals surface area contributed by atoms with E-state index in [1.165, 1.54) is 28.9 Å². The van der Waals surface area contributed by atoms with Crippen molar-refractivity contribution in [3.8, 4) is 11.3 Å². The number of amides is 2. The molecule has 1 aliphatic heterocycles. The number of alkyl halides is 3. The molecule has 2 amide bonds. The third-order valence-electron chi connectivity index (χ3n) is 5.75. The van der Waals surface area contributed by atoms with Crippen LogP contribution in [-0.2, 0) is 23.9 Å². The second-order valence-electron chi connectivity index (χ2n) is 8.49. The number of ketones is 1. The van der Waals surface area contributed by atoms with Crippen molar-refractivity contribution < 1.29 is 22.8 Å². The van der Waals surface area contributed by atoms with Gasteiger partial charge in [0.2, 0.25) is 0 Å². The first-order chi connectivity index (χ1) is 17.1. The second-order valence-corrected chi connectivity index (χ2v) is 8.49. The summed E-state index contributed by atoms with van der Waals surface area (Å²) in [7, 11) is 1.57. The lowest BCUT2D eigenvalue weighted by Gasteiger charge is -2.35. The average Bonchev–Trinajstić information content (AvgIpc) is 2.84. The lowest BCUT2D eigenvalue weighted by Crippen LogP contribution is -2.42. The minimum absolute atomic E-state index is 0.0615. The van der Waals surface area contributed by atoms with Gasteiger partial charge in [-0.2, -0.15) is 13.2 Å². The number of carbonyl (C=O) groups excluding carboxylic acids is 2. The standard InChI is InChI=1S/C25H19F3N6O2/c1-14(35)8-21-30-10-15(11-31-21)19-6-7-20-22(32-19)23-16(12-29-20)13-33(2)24(36)34(23)18-5-3-4-17(9-18)25(26,27)28/h3-7,9-12H,8,13H2,1-2H3. The Bertz CT molecular complexity index is 1500. The van der Waals surface area contributed by atoms with Crippen LogP contribution in [0.15, 0.2) is 55.0 Å². The molecule has 1 aromatic carbocycles. The minimum atomic E-state index is -4.57. The predicted octanol–water partition coefficient (Wildman–Crippen LogP) is 4.94. The van der Waals surface area contributed by atoms with Crippen molar-refractivity contribution in [2.24, 2.45) is 0 Å². The van der Waals surface area contributed by atoms with Crippen LogP contribution in [0.1, 0.15) is 23.9 Å². The fourth-order valence-electron chi connectivity index (χ4n) is 4.07. The summed E-state index contributed by atoms with van der Waals surface area (Å²) in [4.78, 5) is 44.8. The zero-order chi connectivity index (χ0) is 25.6. The Balaban J connectivity index is 1.67. The lowest BCUT2D eigenvalue weighted by molar-refractivity contribution is -0.137. The molecule has 0 unspecified atom stereocenters. The molecule has 5 rings (SSSR count). The first-order valence-electron chi connectivity index (χ1n) is 10.9. The summed E-state index contributed by atoms with van der Waals surface area (Å²) in [6.45, 7) is 1.68. The van der Waals surface area contributed by atoms with E-state index in [-0.39, 0.29) is 24.4 Å². The molecule has 0 fully saturated rings. The Kier molecular flexibility index (Phi) is 5.62. The quantitative estimate of drug-likeness (QED) is 0.401. The third kappa shape index (κ3) is 4.23. The van der Waals surface area contributed by atoms with E-state index in [4.69, 9.17) is 4.98 Å². The van der Waals surface area contributed by atoms with E-state index in [2.05, 4.69) is 15.0 Å². The lowest BCUT2D eigenvalue weighted by atomic mass is 10.1. The van der Waals surface area contributed by atoms with Crippen LogP contribution in [0.3, 0.4) is 0 Å². The average molecular weight is 492 g/mol. The fourth-order valence-corrected chi connectivity index (χ4v) is 4.07. The summed E-state index contributed by atoms with van der Waals surface area (Å²) in [5.41, 5.74) is 2.11. The molecule has 11 heteroatoms. The van der Waals surface area contributed by atoms with Crippen molar-refractivity contribution in [1.29, 1.82) is 0 Å². The Morgan fingerprint density at radius 2 is 1.81 bits per heavy atom. The molecular formula is C25H19F3N6O2. The zero-order valence-electron chi connectivity index (χ0n) is 19.2. The zero-order valence-corrected chi connectivity index (χ0v) is 19.2. The number of pyridine rings is 2. The SMILES string of the molecule is CC(=O)Cc1ncc(-c2ccc3ncc4c(c3n2)N(c2cccc(C(F)(F)F)c2)C(=O)N(C)C4)cn1. The monoisotopic (exact) mass is 492 g/mol. The first-order valence-corrected chi connectivity index (χ1v) is 10.9.